The smallest absolute Gasteiger partial charge is 0.220 e. The van der Waals surface area contributed by atoms with Crippen molar-refractivity contribution in [2.45, 2.75) is 58.0 Å². The van der Waals surface area contributed by atoms with E-state index in [0.29, 0.717) is 12.5 Å². The number of carbonyl (C=O) groups is 1. The van der Waals surface area contributed by atoms with Gasteiger partial charge in [-0.25, -0.2) is 0 Å². The van der Waals surface area contributed by atoms with E-state index in [1.54, 1.807) is 0 Å². The molecule has 2 atom stereocenters. The van der Waals surface area contributed by atoms with Crippen molar-refractivity contribution < 1.29 is 4.79 Å². The van der Waals surface area contributed by atoms with Gasteiger partial charge in [0, 0.05) is 25.0 Å². The lowest BCUT2D eigenvalue weighted by Crippen LogP contribution is -2.47. The fourth-order valence-electron chi connectivity index (χ4n) is 2.35. The molecule has 1 amide bonds. The molecule has 0 aliphatic carbocycles. The van der Waals surface area contributed by atoms with Crippen molar-refractivity contribution in [1.82, 2.24) is 10.2 Å². The highest BCUT2D eigenvalue weighted by Gasteiger charge is 2.19. The summed E-state index contributed by atoms with van der Waals surface area (Å²) >= 11 is 0. The molecule has 2 unspecified atom stereocenters. The minimum Gasteiger partial charge on any atom is -0.352 e. The Morgan fingerprint density at radius 2 is 2.35 bits per heavy atom. The Kier molecular flexibility index (Phi) is 6.52. The number of carbonyl (C=O) groups excluding carboxylic acids is 1. The molecule has 0 aromatic carbocycles. The van der Waals surface area contributed by atoms with Crippen LogP contribution in [0, 0.1) is 0 Å². The first kappa shape index (κ1) is 14.5. The normalized spacial score (nSPS) is 23.4. The van der Waals surface area contributed by atoms with E-state index in [9.17, 15) is 4.79 Å². The zero-order chi connectivity index (χ0) is 12.7. The fraction of sp³-hybridized carbons (Fsp3) is 0.923. The molecular formula is C13H27N3O. The highest BCUT2D eigenvalue weighted by atomic mass is 16.1. The first-order chi connectivity index (χ1) is 8.11. The van der Waals surface area contributed by atoms with Gasteiger partial charge < -0.3 is 16.0 Å². The van der Waals surface area contributed by atoms with Gasteiger partial charge in [-0.15, -0.1) is 0 Å². The lowest BCUT2D eigenvalue weighted by molar-refractivity contribution is -0.122. The molecule has 0 bridgehead atoms. The Bertz CT molecular complexity index is 231. The molecule has 1 rings (SSSR count). The van der Waals surface area contributed by atoms with Crippen LogP contribution >= 0.6 is 0 Å². The van der Waals surface area contributed by atoms with Crippen molar-refractivity contribution in [1.29, 1.82) is 0 Å². The number of hydrogen-bond acceptors (Lipinski definition) is 3. The Morgan fingerprint density at radius 3 is 3.00 bits per heavy atom. The van der Waals surface area contributed by atoms with Crippen LogP contribution in [-0.4, -0.2) is 42.5 Å². The van der Waals surface area contributed by atoms with Crippen LogP contribution in [0.4, 0.5) is 0 Å². The molecule has 3 N–H and O–H groups in total. The largest absolute Gasteiger partial charge is 0.352 e. The molecule has 100 valence electrons. The van der Waals surface area contributed by atoms with Gasteiger partial charge >= 0.3 is 0 Å². The van der Waals surface area contributed by atoms with Crippen molar-refractivity contribution in [2.75, 3.05) is 19.6 Å². The van der Waals surface area contributed by atoms with E-state index < -0.39 is 0 Å². The number of likely N-dealkylation sites (tertiary alicyclic amines) is 1. The maximum Gasteiger partial charge on any atom is 0.220 e. The van der Waals surface area contributed by atoms with Gasteiger partial charge in [-0.2, -0.15) is 0 Å². The second kappa shape index (κ2) is 7.67. The minimum absolute atomic E-state index is 0.189. The molecule has 1 heterocycles. The number of nitrogens with one attached hydrogen (secondary N) is 1. The SMILES string of the molecule is CCN1CCCC(NC(=O)CCCC(C)N)C1. The molecule has 0 aromatic rings. The molecule has 0 aromatic heterocycles. The van der Waals surface area contributed by atoms with E-state index in [2.05, 4.69) is 17.1 Å². The molecule has 1 aliphatic rings. The van der Waals surface area contributed by atoms with Crippen LogP contribution in [-0.2, 0) is 4.79 Å². The van der Waals surface area contributed by atoms with Crippen molar-refractivity contribution in [2.24, 2.45) is 5.73 Å². The summed E-state index contributed by atoms with van der Waals surface area (Å²) in [4.78, 5) is 14.1. The lowest BCUT2D eigenvalue weighted by Gasteiger charge is -2.32. The Morgan fingerprint density at radius 1 is 1.59 bits per heavy atom. The Labute approximate surface area is 105 Å². The molecule has 1 saturated heterocycles. The summed E-state index contributed by atoms with van der Waals surface area (Å²) in [6.07, 6.45) is 4.76. The number of amides is 1. The second-order valence-electron chi connectivity index (χ2n) is 5.17. The number of rotatable bonds is 6. The van der Waals surface area contributed by atoms with Gasteiger partial charge in [-0.1, -0.05) is 6.92 Å². The third kappa shape index (κ3) is 6.03. The molecule has 1 fully saturated rings. The Balaban J connectivity index is 2.17. The fourth-order valence-corrected chi connectivity index (χ4v) is 2.35. The van der Waals surface area contributed by atoms with Gasteiger partial charge in [0.25, 0.3) is 0 Å². The predicted octanol–water partition coefficient (Wildman–Crippen LogP) is 1.10. The topological polar surface area (TPSA) is 58.4 Å². The van der Waals surface area contributed by atoms with Gasteiger partial charge in [0.2, 0.25) is 5.91 Å². The number of nitrogens with zero attached hydrogens (tertiary/aromatic N) is 1. The van der Waals surface area contributed by atoms with Crippen molar-refractivity contribution in [3.8, 4) is 0 Å². The maximum absolute atomic E-state index is 11.7. The third-order valence-electron chi connectivity index (χ3n) is 3.38. The average molecular weight is 241 g/mol. The maximum atomic E-state index is 11.7. The van der Waals surface area contributed by atoms with E-state index in [1.807, 2.05) is 6.92 Å². The first-order valence-electron chi connectivity index (χ1n) is 6.89. The molecule has 0 radical (unpaired) electrons. The Hall–Kier alpha value is -0.610. The predicted molar refractivity (Wildman–Crippen MR) is 70.8 cm³/mol. The van der Waals surface area contributed by atoms with Crippen LogP contribution < -0.4 is 11.1 Å². The molecule has 1 aliphatic heterocycles. The zero-order valence-corrected chi connectivity index (χ0v) is 11.2. The summed E-state index contributed by atoms with van der Waals surface area (Å²) in [5, 5.41) is 3.14. The van der Waals surface area contributed by atoms with Gasteiger partial charge in [-0.3, -0.25) is 4.79 Å². The third-order valence-corrected chi connectivity index (χ3v) is 3.38. The summed E-state index contributed by atoms with van der Waals surface area (Å²) in [6.45, 7) is 7.42. The minimum atomic E-state index is 0.189. The zero-order valence-electron chi connectivity index (χ0n) is 11.2. The monoisotopic (exact) mass is 241 g/mol. The van der Waals surface area contributed by atoms with Gasteiger partial charge in [0.05, 0.1) is 0 Å². The van der Waals surface area contributed by atoms with E-state index in [4.69, 9.17) is 5.73 Å². The van der Waals surface area contributed by atoms with Crippen LogP contribution in [0.15, 0.2) is 0 Å². The second-order valence-corrected chi connectivity index (χ2v) is 5.17. The van der Waals surface area contributed by atoms with Crippen LogP contribution in [0.1, 0.15) is 46.0 Å². The van der Waals surface area contributed by atoms with E-state index in [-0.39, 0.29) is 11.9 Å². The first-order valence-corrected chi connectivity index (χ1v) is 6.89. The lowest BCUT2D eigenvalue weighted by atomic mass is 10.1. The molecule has 4 heteroatoms. The summed E-state index contributed by atoms with van der Waals surface area (Å²) < 4.78 is 0. The summed E-state index contributed by atoms with van der Waals surface area (Å²) in [7, 11) is 0. The summed E-state index contributed by atoms with van der Waals surface area (Å²) in [5.74, 6) is 0.189. The van der Waals surface area contributed by atoms with Crippen LogP contribution in [0.25, 0.3) is 0 Å². The van der Waals surface area contributed by atoms with Crippen molar-refractivity contribution in [3.05, 3.63) is 0 Å². The quantitative estimate of drug-likeness (QED) is 0.732. The van der Waals surface area contributed by atoms with Crippen LogP contribution in [0.3, 0.4) is 0 Å². The standard InChI is InChI=1S/C13H27N3O/c1-3-16-9-5-7-12(10-16)15-13(17)8-4-6-11(2)14/h11-12H,3-10,14H2,1-2H3,(H,15,17). The average Bonchev–Trinajstić information content (AvgIpc) is 2.28. The van der Waals surface area contributed by atoms with Gasteiger partial charge in [-0.05, 0) is 45.7 Å². The molecule has 17 heavy (non-hydrogen) atoms. The number of likely N-dealkylation sites (N-methyl/N-ethyl adjacent to an activating group) is 1. The van der Waals surface area contributed by atoms with Crippen LogP contribution in [0.5, 0.6) is 0 Å². The van der Waals surface area contributed by atoms with E-state index in [1.165, 1.54) is 13.0 Å². The highest BCUT2D eigenvalue weighted by Crippen LogP contribution is 2.10. The summed E-state index contributed by atoms with van der Waals surface area (Å²) in [5.41, 5.74) is 5.66. The van der Waals surface area contributed by atoms with Crippen LogP contribution in [0.2, 0.25) is 0 Å². The van der Waals surface area contributed by atoms with Crippen molar-refractivity contribution in [3.63, 3.8) is 0 Å². The number of nitrogens with two attached hydrogens (primary N) is 1. The molecular weight excluding hydrogens is 214 g/mol. The number of hydrogen-bond donors (Lipinski definition) is 2. The van der Waals surface area contributed by atoms with Gasteiger partial charge in [0.15, 0.2) is 0 Å². The van der Waals surface area contributed by atoms with Gasteiger partial charge in [0.1, 0.15) is 0 Å². The molecule has 0 spiro atoms. The molecule has 0 saturated carbocycles. The van der Waals surface area contributed by atoms with E-state index >= 15 is 0 Å². The number of piperidine rings is 1. The summed E-state index contributed by atoms with van der Waals surface area (Å²) in [6, 6.07) is 0.555. The van der Waals surface area contributed by atoms with Crippen molar-refractivity contribution >= 4 is 5.91 Å². The van der Waals surface area contributed by atoms with E-state index in [0.717, 1.165) is 32.4 Å². The highest BCUT2D eigenvalue weighted by molar-refractivity contribution is 5.76. The molecule has 4 nitrogen and oxygen atoms in total.